The number of rotatable bonds is 5. The first-order valence-electron chi connectivity index (χ1n) is 9.17. The Balaban J connectivity index is 1.80. The predicted octanol–water partition coefficient (Wildman–Crippen LogP) is 5.34. The quantitative estimate of drug-likeness (QED) is 0.746. The maximum Gasteiger partial charge on any atom is 0.251 e. The Morgan fingerprint density at radius 2 is 1.65 bits per heavy atom. The van der Waals surface area contributed by atoms with Gasteiger partial charge >= 0.3 is 0 Å². The van der Waals surface area contributed by atoms with E-state index in [0.717, 1.165) is 25.2 Å². The molecule has 0 aromatic heterocycles. The number of nitrogens with one attached hydrogen (secondary N) is 1. The number of nitrogens with zero attached hydrogens (tertiary/aromatic N) is 1. The van der Waals surface area contributed by atoms with Gasteiger partial charge in [0.15, 0.2) is 0 Å². The molecule has 2 aromatic carbocycles. The van der Waals surface area contributed by atoms with Crippen molar-refractivity contribution >= 4 is 29.1 Å². The molecule has 0 radical (unpaired) electrons. The van der Waals surface area contributed by atoms with Gasteiger partial charge in [0.2, 0.25) is 0 Å². The standard InChI is InChI=1S/C21H24Cl2N2O/c22-18-11-10-17(14-19(18)23)20(15-25-12-6-1-2-7-13-25)24-21(26)16-8-4-3-5-9-16/h3-5,8-11,14,20H,1-2,6-7,12-13,15H2,(H,24,26). The lowest BCUT2D eigenvalue weighted by Gasteiger charge is -2.27. The normalized spacial score (nSPS) is 16.7. The highest BCUT2D eigenvalue weighted by atomic mass is 35.5. The van der Waals surface area contributed by atoms with Crippen LogP contribution in [0.5, 0.6) is 0 Å². The van der Waals surface area contributed by atoms with Crippen molar-refractivity contribution in [1.29, 1.82) is 0 Å². The van der Waals surface area contributed by atoms with Crippen LogP contribution in [-0.4, -0.2) is 30.4 Å². The number of amides is 1. The average Bonchev–Trinajstić information content (AvgIpc) is 2.93. The maximum absolute atomic E-state index is 12.7. The van der Waals surface area contributed by atoms with Crippen LogP contribution in [0.15, 0.2) is 48.5 Å². The summed E-state index contributed by atoms with van der Waals surface area (Å²) in [6, 6.07) is 14.8. The molecular weight excluding hydrogens is 367 g/mol. The molecule has 3 nitrogen and oxygen atoms in total. The molecule has 2 aromatic rings. The molecule has 0 bridgehead atoms. The summed E-state index contributed by atoms with van der Waals surface area (Å²) in [5.74, 6) is -0.0727. The second-order valence-corrected chi connectivity index (χ2v) is 7.59. The third-order valence-corrected chi connectivity index (χ3v) is 5.57. The molecule has 1 fully saturated rings. The molecule has 138 valence electrons. The molecule has 3 rings (SSSR count). The van der Waals surface area contributed by atoms with Crippen LogP contribution in [0, 0.1) is 0 Å². The van der Waals surface area contributed by atoms with Crippen LogP contribution in [0.3, 0.4) is 0 Å². The number of halogens is 2. The van der Waals surface area contributed by atoms with Crippen molar-refractivity contribution in [1.82, 2.24) is 10.2 Å². The van der Waals surface area contributed by atoms with E-state index >= 15 is 0 Å². The Morgan fingerprint density at radius 1 is 0.962 bits per heavy atom. The summed E-state index contributed by atoms with van der Waals surface area (Å²) in [5, 5.41) is 4.22. The van der Waals surface area contributed by atoms with Crippen LogP contribution in [-0.2, 0) is 0 Å². The summed E-state index contributed by atoms with van der Waals surface area (Å²) in [6.45, 7) is 2.91. The SMILES string of the molecule is O=C(NC(CN1CCCCCC1)c1ccc(Cl)c(Cl)c1)c1ccccc1. The van der Waals surface area contributed by atoms with Gasteiger partial charge in [-0.25, -0.2) is 0 Å². The Morgan fingerprint density at radius 3 is 2.31 bits per heavy atom. The summed E-state index contributed by atoms with van der Waals surface area (Å²) in [5.41, 5.74) is 1.64. The number of hydrogen-bond acceptors (Lipinski definition) is 2. The summed E-state index contributed by atoms with van der Waals surface area (Å²) in [4.78, 5) is 15.1. The zero-order valence-corrected chi connectivity index (χ0v) is 16.3. The van der Waals surface area contributed by atoms with Crippen LogP contribution >= 0.6 is 23.2 Å². The lowest BCUT2D eigenvalue weighted by atomic mass is 10.0. The molecule has 0 spiro atoms. The molecule has 1 amide bonds. The zero-order valence-electron chi connectivity index (χ0n) is 14.8. The first kappa shape index (κ1) is 19.2. The smallest absolute Gasteiger partial charge is 0.251 e. The topological polar surface area (TPSA) is 32.3 Å². The van der Waals surface area contributed by atoms with E-state index in [9.17, 15) is 4.79 Å². The van der Waals surface area contributed by atoms with E-state index in [1.165, 1.54) is 25.7 Å². The molecule has 1 aliphatic heterocycles. The lowest BCUT2D eigenvalue weighted by Crippen LogP contribution is -2.38. The molecule has 5 heteroatoms. The summed E-state index contributed by atoms with van der Waals surface area (Å²) in [7, 11) is 0. The second-order valence-electron chi connectivity index (χ2n) is 6.78. The van der Waals surface area contributed by atoms with Crippen molar-refractivity contribution in [2.45, 2.75) is 31.7 Å². The van der Waals surface area contributed by atoms with Crippen LogP contribution in [0.2, 0.25) is 10.0 Å². The molecule has 1 atom stereocenters. The Hall–Kier alpha value is -1.55. The zero-order chi connectivity index (χ0) is 18.4. The van der Waals surface area contributed by atoms with Gasteiger partial charge in [-0.1, -0.05) is 60.3 Å². The van der Waals surface area contributed by atoms with Crippen LogP contribution in [0.1, 0.15) is 47.6 Å². The fourth-order valence-electron chi connectivity index (χ4n) is 3.37. The first-order valence-corrected chi connectivity index (χ1v) is 9.92. The highest BCUT2D eigenvalue weighted by Gasteiger charge is 2.21. The minimum Gasteiger partial charge on any atom is -0.344 e. The maximum atomic E-state index is 12.7. The van der Waals surface area contributed by atoms with Crippen molar-refractivity contribution in [3.05, 3.63) is 69.7 Å². The minimum absolute atomic E-state index is 0.0727. The second kappa shape index (κ2) is 9.40. The third-order valence-electron chi connectivity index (χ3n) is 4.83. The number of carbonyl (C=O) groups is 1. The van der Waals surface area contributed by atoms with Gasteiger partial charge in [0.05, 0.1) is 16.1 Å². The van der Waals surface area contributed by atoms with Gasteiger partial charge in [-0.15, -0.1) is 0 Å². The van der Waals surface area contributed by atoms with Crippen LogP contribution in [0.4, 0.5) is 0 Å². The molecule has 1 saturated heterocycles. The summed E-state index contributed by atoms with van der Waals surface area (Å²) >= 11 is 12.3. The van der Waals surface area contributed by atoms with Crippen LogP contribution < -0.4 is 5.32 Å². The van der Waals surface area contributed by atoms with Gasteiger partial charge in [-0.2, -0.15) is 0 Å². The van der Waals surface area contributed by atoms with E-state index in [2.05, 4.69) is 10.2 Å². The van der Waals surface area contributed by atoms with Gasteiger partial charge in [0, 0.05) is 12.1 Å². The number of carbonyl (C=O) groups excluding carboxylic acids is 1. The van der Waals surface area contributed by atoms with E-state index in [0.29, 0.717) is 15.6 Å². The molecule has 0 aliphatic carbocycles. The number of likely N-dealkylation sites (tertiary alicyclic amines) is 1. The van der Waals surface area contributed by atoms with Crippen molar-refractivity contribution < 1.29 is 4.79 Å². The predicted molar refractivity (Wildman–Crippen MR) is 108 cm³/mol. The van der Waals surface area contributed by atoms with Crippen molar-refractivity contribution in [2.24, 2.45) is 0 Å². The van der Waals surface area contributed by atoms with Gasteiger partial charge in [-0.3, -0.25) is 4.79 Å². The largest absolute Gasteiger partial charge is 0.344 e. The molecular formula is C21H24Cl2N2O. The molecule has 1 unspecified atom stereocenters. The van der Waals surface area contributed by atoms with E-state index in [1.807, 2.05) is 42.5 Å². The Bertz CT molecular complexity index is 728. The summed E-state index contributed by atoms with van der Waals surface area (Å²) < 4.78 is 0. The molecule has 1 aliphatic rings. The monoisotopic (exact) mass is 390 g/mol. The Kier molecular flexibility index (Phi) is 6.95. The van der Waals surface area contributed by atoms with Crippen molar-refractivity contribution in [3.8, 4) is 0 Å². The van der Waals surface area contributed by atoms with Gasteiger partial charge in [-0.05, 0) is 55.8 Å². The molecule has 1 heterocycles. The van der Waals surface area contributed by atoms with Crippen molar-refractivity contribution in [2.75, 3.05) is 19.6 Å². The number of benzene rings is 2. The fourth-order valence-corrected chi connectivity index (χ4v) is 3.68. The third kappa shape index (κ3) is 5.23. The molecule has 26 heavy (non-hydrogen) atoms. The van der Waals surface area contributed by atoms with E-state index < -0.39 is 0 Å². The van der Waals surface area contributed by atoms with E-state index in [-0.39, 0.29) is 11.9 Å². The van der Waals surface area contributed by atoms with Crippen molar-refractivity contribution in [3.63, 3.8) is 0 Å². The van der Waals surface area contributed by atoms with Gasteiger partial charge < -0.3 is 10.2 Å². The van der Waals surface area contributed by atoms with Crippen LogP contribution in [0.25, 0.3) is 0 Å². The highest BCUT2D eigenvalue weighted by molar-refractivity contribution is 6.42. The first-order chi connectivity index (χ1) is 12.6. The van der Waals surface area contributed by atoms with E-state index in [4.69, 9.17) is 23.2 Å². The van der Waals surface area contributed by atoms with Gasteiger partial charge in [0.1, 0.15) is 0 Å². The summed E-state index contributed by atoms with van der Waals surface area (Å²) in [6.07, 6.45) is 4.98. The highest BCUT2D eigenvalue weighted by Crippen LogP contribution is 2.27. The minimum atomic E-state index is -0.129. The van der Waals surface area contributed by atoms with E-state index in [1.54, 1.807) is 6.07 Å². The lowest BCUT2D eigenvalue weighted by molar-refractivity contribution is 0.0924. The average molecular weight is 391 g/mol. The molecule has 1 N–H and O–H groups in total. The molecule has 0 saturated carbocycles. The van der Waals surface area contributed by atoms with Gasteiger partial charge in [0.25, 0.3) is 5.91 Å². The fraction of sp³-hybridized carbons (Fsp3) is 0.381. The Labute approximate surface area is 165 Å². The number of hydrogen-bond donors (Lipinski definition) is 1.